The Bertz CT molecular complexity index is 1330. The molecule has 0 bridgehead atoms. The first-order valence-electron chi connectivity index (χ1n) is 16.7. The van der Waals surface area contributed by atoms with E-state index in [-0.39, 0.29) is 11.8 Å². The summed E-state index contributed by atoms with van der Waals surface area (Å²) in [6, 6.07) is 18.9. The molecule has 2 fully saturated rings. The van der Waals surface area contributed by atoms with Crippen molar-refractivity contribution in [2.24, 2.45) is 34.6 Å². The molecule has 8 nitrogen and oxygen atoms in total. The highest BCUT2D eigenvalue weighted by Crippen LogP contribution is 2.40. The Labute approximate surface area is 269 Å². The number of benzene rings is 2. The van der Waals surface area contributed by atoms with Crippen molar-refractivity contribution in [3.63, 3.8) is 0 Å². The fourth-order valence-corrected chi connectivity index (χ4v) is 6.63. The Morgan fingerprint density at radius 3 is 2.56 bits per heavy atom. The van der Waals surface area contributed by atoms with Crippen molar-refractivity contribution >= 4 is 18.3 Å². The average Bonchev–Trinajstić information content (AvgIpc) is 3.75. The van der Waals surface area contributed by atoms with E-state index in [1.54, 1.807) is 0 Å². The molecule has 1 aromatic heterocycles. The second-order valence-electron chi connectivity index (χ2n) is 13.4. The van der Waals surface area contributed by atoms with Crippen molar-refractivity contribution in [3.8, 4) is 5.88 Å². The molecule has 3 N–H and O–H groups in total. The number of hydrogen-bond donors (Lipinski definition) is 2. The van der Waals surface area contributed by atoms with Crippen LogP contribution in [-0.2, 0) is 24.2 Å². The Morgan fingerprint density at radius 2 is 1.89 bits per heavy atom. The molecule has 244 valence electrons. The number of hydrogen-bond acceptors (Lipinski definition) is 7. The van der Waals surface area contributed by atoms with E-state index in [1.165, 1.54) is 43.2 Å². The summed E-state index contributed by atoms with van der Waals surface area (Å²) in [5.74, 6) is 8.28. The Morgan fingerprint density at radius 1 is 1.16 bits per heavy atom. The van der Waals surface area contributed by atoms with E-state index in [4.69, 9.17) is 9.26 Å². The average molecular weight is 616 g/mol. The molecule has 8 heteroatoms. The van der Waals surface area contributed by atoms with Gasteiger partial charge in [-0.25, -0.2) is 0 Å². The van der Waals surface area contributed by atoms with Crippen LogP contribution in [0.3, 0.4) is 0 Å². The zero-order valence-electron chi connectivity index (χ0n) is 27.7. The van der Waals surface area contributed by atoms with Gasteiger partial charge in [-0.15, -0.1) is 0 Å². The van der Waals surface area contributed by atoms with Crippen LogP contribution in [0.2, 0.25) is 0 Å². The highest BCUT2D eigenvalue weighted by molar-refractivity contribution is 5.91. The molecule has 1 heterocycles. The minimum Gasteiger partial charge on any atom is -0.471 e. The molecule has 1 atom stereocenters. The standard InChI is InChI=1S/C36H49N3O3.CH4N2/c1-5-31-16-26(4)11-14-34(31)37-35(40)20-30(19-33-21-36(38-42-33)41-24-27-9-7-6-8-10-27)23-39(32-12-13-32)22-29-17-28(18-29)15-25(2)3;1-3-2/h6-11,14,16,21,25,28-30,32H,5,12-13,15,17-20,22-24H2,1-4H3,(H,37,40);1-2H2. The number of nitrogens with one attached hydrogen (secondary N) is 1. The first-order valence-corrected chi connectivity index (χ1v) is 16.7. The Hall–Kier alpha value is -3.65. The predicted octanol–water partition coefficient (Wildman–Crippen LogP) is 7.41. The lowest BCUT2D eigenvalue weighted by Gasteiger charge is -2.40. The molecular weight excluding hydrogens is 562 g/mol. The number of rotatable bonds is 16. The van der Waals surface area contributed by atoms with E-state index in [2.05, 4.69) is 72.9 Å². The molecule has 3 aromatic rings. The maximum atomic E-state index is 13.4. The van der Waals surface area contributed by atoms with Crippen LogP contribution in [0, 0.1) is 30.6 Å². The number of anilines is 1. The number of carbonyl (C=O) groups excluding carboxylic acids is 1. The quantitative estimate of drug-likeness (QED) is 0.0988. The van der Waals surface area contributed by atoms with Crippen LogP contribution in [-0.4, -0.2) is 41.8 Å². The molecule has 45 heavy (non-hydrogen) atoms. The van der Waals surface area contributed by atoms with Gasteiger partial charge in [0.1, 0.15) is 12.4 Å². The van der Waals surface area contributed by atoms with E-state index in [0.29, 0.717) is 31.4 Å². The number of carbonyl (C=O) groups is 1. The van der Waals surface area contributed by atoms with Gasteiger partial charge in [-0.2, -0.15) is 5.10 Å². The number of ether oxygens (including phenoxy) is 1. The Kier molecular flexibility index (Phi) is 13.0. The van der Waals surface area contributed by atoms with E-state index in [0.717, 1.165) is 54.3 Å². The number of aryl methyl sites for hydroxylation is 2. The van der Waals surface area contributed by atoms with Gasteiger partial charge in [0.25, 0.3) is 5.88 Å². The van der Waals surface area contributed by atoms with Crippen LogP contribution in [0.5, 0.6) is 5.88 Å². The fraction of sp³-hybridized carbons (Fsp3) is 0.541. The van der Waals surface area contributed by atoms with Gasteiger partial charge in [0.15, 0.2) is 0 Å². The summed E-state index contributed by atoms with van der Waals surface area (Å²) in [5, 5.41) is 10.2. The zero-order chi connectivity index (χ0) is 32.2. The molecule has 1 unspecified atom stereocenters. The highest BCUT2D eigenvalue weighted by Gasteiger charge is 2.37. The normalized spacial score (nSPS) is 18.1. The van der Waals surface area contributed by atoms with Gasteiger partial charge >= 0.3 is 0 Å². The molecule has 5 rings (SSSR count). The van der Waals surface area contributed by atoms with Gasteiger partial charge in [-0.05, 0) is 91.5 Å². The van der Waals surface area contributed by atoms with Gasteiger partial charge in [0.05, 0.1) is 0 Å². The second kappa shape index (κ2) is 17.2. The number of amides is 1. The van der Waals surface area contributed by atoms with Crippen LogP contribution >= 0.6 is 0 Å². The summed E-state index contributed by atoms with van der Waals surface area (Å²) in [7, 11) is 0. The lowest BCUT2D eigenvalue weighted by molar-refractivity contribution is -0.117. The highest BCUT2D eigenvalue weighted by atomic mass is 16.5. The van der Waals surface area contributed by atoms with E-state index in [9.17, 15) is 4.79 Å². The van der Waals surface area contributed by atoms with Crippen LogP contribution < -0.4 is 15.9 Å². The molecule has 2 saturated carbocycles. The van der Waals surface area contributed by atoms with Crippen LogP contribution in [0.4, 0.5) is 5.69 Å². The molecular formula is C37H53N5O3. The summed E-state index contributed by atoms with van der Waals surface area (Å²) >= 11 is 0. The minimum absolute atomic E-state index is 0.0648. The third kappa shape index (κ3) is 11.3. The topological polar surface area (TPSA) is 106 Å². The molecule has 2 aliphatic carbocycles. The van der Waals surface area contributed by atoms with Gasteiger partial charge in [-0.3, -0.25) is 9.69 Å². The summed E-state index contributed by atoms with van der Waals surface area (Å²) in [5.41, 5.74) is 4.40. The summed E-state index contributed by atoms with van der Waals surface area (Å²) in [4.78, 5) is 16.1. The third-order valence-corrected chi connectivity index (χ3v) is 8.83. The Balaban J connectivity index is 0.00000148. The first kappa shape index (κ1) is 34.2. The van der Waals surface area contributed by atoms with Crippen molar-refractivity contribution in [2.45, 2.75) is 91.7 Å². The van der Waals surface area contributed by atoms with Crippen LogP contribution in [0.15, 0.2) is 64.2 Å². The van der Waals surface area contributed by atoms with E-state index < -0.39 is 0 Å². The van der Waals surface area contributed by atoms with Crippen molar-refractivity contribution in [1.82, 2.24) is 10.1 Å². The van der Waals surface area contributed by atoms with Gasteiger partial charge in [0, 0.05) is 50.4 Å². The molecule has 1 amide bonds. The first-order chi connectivity index (χ1) is 21.8. The number of nitrogens with two attached hydrogens (primary N) is 1. The molecule has 0 aliphatic heterocycles. The minimum atomic E-state index is 0.0648. The van der Waals surface area contributed by atoms with E-state index in [1.807, 2.05) is 42.5 Å². The third-order valence-electron chi connectivity index (χ3n) is 8.83. The van der Waals surface area contributed by atoms with Crippen molar-refractivity contribution in [1.29, 1.82) is 0 Å². The smallest absolute Gasteiger partial charge is 0.254 e. The molecule has 2 aliphatic rings. The summed E-state index contributed by atoms with van der Waals surface area (Å²) in [6.07, 6.45) is 8.58. The zero-order valence-corrected chi connectivity index (χ0v) is 27.7. The second-order valence-corrected chi connectivity index (χ2v) is 13.4. The monoisotopic (exact) mass is 615 g/mol. The molecule has 0 radical (unpaired) electrons. The number of nitrogens with zero attached hydrogens (tertiary/aromatic N) is 3. The van der Waals surface area contributed by atoms with Gasteiger partial charge in [-0.1, -0.05) is 68.8 Å². The maximum Gasteiger partial charge on any atom is 0.254 e. The van der Waals surface area contributed by atoms with Crippen molar-refractivity contribution < 1.29 is 14.1 Å². The molecule has 0 spiro atoms. The van der Waals surface area contributed by atoms with Crippen molar-refractivity contribution in [2.75, 3.05) is 18.4 Å². The fourth-order valence-electron chi connectivity index (χ4n) is 6.63. The van der Waals surface area contributed by atoms with E-state index >= 15 is 0 Å². The predicted molar refractivity (Wildman–Crippen MR) is 182 cm³/mol. The van der Waals surface area contributed by atoms with Gasteiger partial charge < -0.3 is 20.4 Å². The number of hydrazone groups is 1. The largest absolute Gasteiger partial charge is 0.471 e. The van der Waals surface area contributed by atoms with Crippen LogP contribution in [0.1, 0.15) is 81.7 Å². The van der Waals surface area contributed by atoms with Crippen LogP contribution in [0.25, 0.3) is 0 Å². The molecule has 0 saturated heterocycles. The van der Waals surface area contributed by atoms with Crippen molar-refractivity contribution in [3.05, 3.63) is 77.0 Å². The van der Waals surface area contributed by atoms with Gasteiger partial charge in [0.2, 0.25) is 5.91 Å². The lowest BCUT2D eigenvalue weighted by atomic mass is 9.71. The lowest BCUT2D eigenvalue weighted by Crippen LogP contribution is -2.41. The summed E-state index contributed by atoms with van der Waals surface area (Å²) < 4.78 is 11.6. The molecule has 2 aromatic carbocycles. The maximum absolute atomic E-state index is 13.4. The summed E-state index contributed by atoms with van der Waals surface area (Å²) in [6.45, 7) is 14.3. The SMILES string of the molecule is C=NN.CCc1cc(C)ccc1NC(=O)CC(Cc1cc(OCc2ccccc2)no1)CN(CC1CC(CC(C)C)C1)C1CC1. The number of aromatic nitrogens is 1.